The summed E-state index contributed by atoms with van der Waals surface area (Å²) >= 11 is 0. The van der Waals surface area contributed by atoms with Gasteiger partial charge < -0.3 is 14.7 Å². The summed E-state index contributed by atoms with van der Waals surface area (Å²) in [6, 6.07) is 6.60. The van der Waals surface area contributed by atoms with Gasteiger partial charge in [0.15, 0.2) is 0 Å². The molecule has 0 radical (unpaired) electrons. The Morgan fingerprint density at radius 3 is 2.71 bits per heavy atom. The molecule has 5 heteroatoms. The Kier molecular flexibility index (Phi) is 5.33. The minimum absolute atomic E-state index is 0.0984. The Morgan fingerprint density at radius 2 is 2.05 bits per heavy atom. The van der Waals surface area contributed by atoms with Crippen LogP contribution in [-0.2, 0) is 16.0 Å². The van der Waals surface area contributed by atoms with Crippen molar-refractivity contribution in [3.8, 4) is 0 Å². The van der Waals surface area contributed by atoms with Crippen LogP contribution in [-0.4, -0.2) is 48.7 Å². The average Bonchev–Trinajstić information content (AvgIpc) is 3.27. The van der Waals surface area contributed by atoms with Gasteiger partial charge in [0.2, 0.25) is 5.91 Å². The zero-order valence-electron chi connectivity index (χ0n) is 12.2. The first-order valence-corrected chi connectivity index (χ1v) is 7.21. The SMILES string of the molecule is CN(CCOCC1CC1)C(=O)Cc1ccccc1C(=O)O. The Balaban J connectivity index is 1.80. The number of amides is 1. The molecule has 0 heterocycles. The molecule has 1 aliphatic rings. The highest BCUT2D eigenvalue weighted by atomic mass is 16.5. The second kappa shape index (κ2) is 7.22. The first-order valence-electron chi connectivity index (χ1n) is 7.21. The molecule has 1 saturated carbocycles. The standard InChI is InChI=1S/C16H21NO4/c1-17(8-9-21-11-12-6-7-12)15(18)10-13-4-2-3-5-14(13)16(19)20/h2-5,12H,6-11H2,1H3,(H,19,20). The number of hydrogen-bond donors (Lipinski definition) is 1. The minimum Gasteiger partial charge on any atom is -0.478 e. The van der Waals surface area contributed by atoms with Crippen LogP contribution in [0, 0.1) is 5.92 Å². The molecule has 0 spiro atoms. The molecule has 5 nitrogen and oxygen atoms in total. The van der Waals surface area contributed by atoms with Crippen molar-refractivity contribution in [2.24, 2.45) is 5.92 Å². The normalized spacial score (nSPS) is 14.0. The molecule has 1 aromatic rings. The van der Waals surface area contributed by atoms with Crippen molar-refractivity contribution in [2.75, 3.05) is 26.8 Å². The number of aromatic carboxylic acids is 1. The van der Waals surface area contributed by atoms with E-state index >= 15 is 0 Å². The molecule has 0 unspecified atom stereocenters. The van der Waals surface area contributed by atoms with Gasteiger partial charge in [0.25, 0.3) is 0 Å². The third-order valence-electron chi connectivity index (χ3n) is 3.64. The summed E-state index contributed by atoms with van der Waals surface area (Å²) in [4.78, 5) is 24.8. The summed E-state index contributed by atoms with van der Waals surface area (Å²) in [6.45, 7) is 1.84. The van der Waals surface area contributed by atoms with Gasteiger partial charge in [-0.05, 0) is 30.4 Å². The molecule has 0 bridgehead atoms. The maximum atomic E-state index is 12.1. The van der Waals surface area contributed by atoms with E-state index in [4.69, 9.17) is 9.84 Å². The van der Waals surface area contributed by atoms with Crippen molar-refractivity contribution in [3.63, 3.8) is 0 Å². The van der Waals surface area contributed by atoms with Crippen molar-refractivity contribution >= 4 is 11.9 Å². The lowest BCUT2D eigenvalue weighted by Crippen LogP contribution is -2.32. The first-order chi connectivity index (χ1) is 10.1. The highest BCUT2D eigenvalue weighted by Crippen LogP contribution is 2.28. The lowest BCUT2D eigenvalue weighted by Gasteiger charge is -2.17. The lowest BCUT2D eigenvalue weighted by molar-refractivity contribution is -0.129. The van der Waals surface area contributed by atoms with Crippen molar-refractivity contribution < 1.29 is 19.4 Å². The zero-order valence-corrected chi connectivity index (χ0v) is 12.2. The molecular weight excluding hydrogens is 270 g/mol. The Morgan fingerprint density at radius 1 is 1.33 bits per heavy atom. The molecule has 0 aromatic heterocycles. The monoisotopic (exact) mass is 291 g/mol. The van der Waals surface area contributed by atoms with Gasteiger partial charge in [-0.3, -0.25) is 4.79 Å². The number of carbonyl (C=O) groups excluding carboxylic acids is 1. The number of carboxylic acid groups (broad SMARTS) is 1. The van der Waals surface area contributed by atoms with E-state index in [1.807, 2.05) is 0 Å². The van der Waals surface area contributed by atoms with Crippen LogP contribution in [0.25, 0.3) is 0 Å². The van der Waals surface area contributed by atoms with Gasteiger partial charge in [-0.1, -0.05) is 18.2 Å². The van der Waals surface area contributed by atoms with Gasteiger partial charge in [0.1, 0.15) is 0 Å². The molecule has 1 aliphatic carbocycles. The second-order valence-electron chi connectivity index (χ2n) is 5.47. The summed E-state index contributed by atoms with van der Waals surface area (Å²) in [7, 11) is 1.71. The predicted molar refractivity (Wildman–Crippen MR) is 78.3 cm³/mol. The topological polar surface area (TPSA) is 66.8 Å². The molecular formula is C16H21NO4. The van der Waals surface area contributed by atoms with E-state index in [0.717, 1.165) is 6.61 Å². The fraction of sp³-hybridized carbons (Fsp3) is 0.500. The number of rotatable bonds is 8. The van der Waals surface area contributed by atoms with Gasteiger partial charge in [-0.15, -0.1) is 0 Å². The number of ether oxygens (including phenoxy) is 1. The quantitative estimate of drug-likeness (QED) is 0.742. The summed E-state index contributed by atoms with van der Waals surface area (Å²) in [5.41, 5.74) is 0.727. The first kappa shape index (κ1) is 15.5. The van der Waals surface area contributed by atoms with Crippen LogP contribution >= 0.6 is 0 Å². The smallest absolute Gasteiger partial charge is 0.335 e. The third-order valence-corrected chi connectivity index (χ3v) is 3.64. The molecule has 2 rings (SSSR count). The zero-order chi connectivity index (χ0) is 15.2. The van der Waals surface area contributed by atoms with E-state index in [-0.39, 0.29) is 17.9 Å². The van der Waals surface area contributed by atoms with Crippen LogP contribution in [0.4, 0.5) is 0 Å². The molecule has 114 valence electrons. The van der Waals surface area contributed by atoms with E-state index in [9.17, 15) is 9.59 Å². The fourth-order valence-electron chi connectivity index (χ4n) is 2.04. The number of hydrogen-bond acceptors (Lipinski definition) is 3. The molecule has 1 fully saturated rings. The number of carbonyl (C=O) groups is 2. The van der Waals surface area contributed by atoms with Crippen LogP contribution in [0.1, 0.15) is 28.8 Å². The molecule has 0 saturated heterocycles. The third kappa shape index (κ3) is 4.86. The molecule has 1 N–H and O–H groups in total. The van der Waals surface area contributed by atoms with Crippen LogP contribution in [0.3, 0.4) is 0 Å². The minimum atomic E-state index is -1.01. The summed E-state index contributed by atoms with van der Waals surface area (Å²) < 4.78 is 5.50. The van der Waals surface area contributed by atoms with Crippen molar-refractivity contribution in [1.29, 1.82) is 0 Å². The molecule has 0 atom stereocenters. The summed E-state index contributed by atoms with van der Waals surface area (Å²) in [6.07, 6.45) is 2.60. The van der Waals surface area contributed by atoms with Crippen LogP contribution < -0.4 is 0 Å². The molecule has 0 aliphatic heterocycles. The number of likely N-dealkylation sites (N-methyl/N-ethyl adjacent to an activating group) is 1. The highest BCUT2D eigenvalue weighted by Gasteiger charge is 2.21. The van der Waals surface area contributed by atoms with Crippen LogP contribution in [0.5, 0.6) is 0 Å². The number of nitrogens with zero attached hydrogens (tertiary/aromatic N) is 1. The maximum Gasteiger partial charge on any atom is 0.335 e. The van der Waals surface area contributed by atoms with Crippen molar-refractivity contribution in [3.05, 3.63) is 35.4 Å². The summed E-state index contributed by atoms with van der Waals surface area (Å²) in [5.74, 6) is -0.388. The van der Waals surface area contributed by atoms with Crippen LogP contribution in [0.15, 0.2) is 24.3 Å². The van der Waals surface area contributed by atoms with E-state index < -0.39 is 5.97 Å². The van der Waals surface area contributed by atoms with Gasteiger partial charge in [-0.25, -0.2) is 4.79 Å². The molecule has 1 amide bonds. The largest absolute Gasteiger partial charge is 0.478 e. The van der Waals surface area contributed by atoms with Gasteiger partial charge in [0.05, 0.1) is 18.6 Å². The fourth-order valence-corrected chi connectivity index (χ4v) is 2.04. The van der Waals surface area contributed by atoms with Crippen molar-refractivity contribution in [1.82, 2.24) is 4.90 Å². The number of benzene rings is 1. The molecule has 21 heavy (non-hydrogen) atoms. The highest BCUT2D eigenvalue weighted by molar-refractivity contribution is 5.91. The van der Waals surface area contributed by atoms with E-state index in [0.29, 0.717) is 24.6 Å². The number of carboxylic acids is 1. The Bertz CT molecular complexity index is 511. The average molecular weight is 291 g/mol. The van der Waals surface area contributed by atoms with Crippen molar-refractivity contribution in [2.45, 2.75) is 19.3 Å². The van der Waals surface area contributed by atoms with E-state index in [1.165, 1.54) is 18.9 Å². The van der Waals surface area contributed by atoms with E-state index in [1.54, 1.807) is 30.1 Å². The van der Waals surface area contributed by atoms with Gasteiger partial charge >= 0.3 is 5.97 Å². The van der Waals surface area contributed by atoms with Gasteiger partial charge in [-0.2, -0.15) is 0 Å². The predicted octanol–water partition coefficient (Wildman–Crippen LogP) is 1.81. The maximum absolute atomic E-state index is 12.1. The Hall–Kier alpha value is -1.88. The Labute approximate surface area is 124 Å². The van der Waals surface area contributed by atoms with E-state index in [2.05, 4.69) is 0 Å². The van der Waals surface area contributed by atoms with Gasteiger partial charge in [0, 0.05) is 20.2 Å². The second-order valence-corrected chi connectivity index (χ2v) is 5.47. The summed E-state index contributed by atoms with van der Waals surface area (Å²) in [5, 5.41) is 9.10. The van der Waals surface area contributed by atoms with Crippen LogP contribution in [0.2, 0.25) is 0 Å². The molecule has 1 aromatic carbocycles. The lowest BCUT2D eigenvalue weighted by atomic mass is 10.0.